The second-order valence-corrected chi connectivity index (χ2v) is 3.56. The van der Waals surface area contributed by atoms with Gasteiger partial charge in [-0.1, -0.05) is 18.2 Å². The molecule has 0 amide bonds. The maximum Gasteiger partial charge on any atom is 0.0412 e. The Morgan fingerprint density at radius 3 is 2.64 bits per heavy atom. The summed E-state index contributed by atoms with van der Waals surface area (Å²) in [6, 6.07) is 11.1. The van der Waals surface area contributed by atoms with Crippen molar-refractivity contribution in [3.63, 3.8) is 0 Å². The Labute approximate surface area is 91.5 Å². The van der Waals surface area contributed by atoms with E-state index in [1.165, 1.54) is 18.5 Å². The summed E-state index contributed by atoms with van der Waals surface area (Å²) in [6.07, 6.45) is 2.52. The zero-order valence-electron chi connectivity index (χ0n) is 8.23. The normalized spacial score (nSPS) is 20.6. The van der Waals surface area contributed by atoms with Crippen LogP contribution < -0.4 is 10.6 Å². The van der Waals surface area contributed by atoms with Gasteiger partial charge in [-0.05, 0) is 25.0 Å². The van der Waals surface area contributed by atoms with Crippen molar-refractivity contribution in [1.82, 2.24) is 0 Å². The van der Waals surface area contributed by atoms with Gasteiger partial charge in [-0.3, -0.25) is 0 Å². The van der Waals surface area contributed by atoms with E-state index >= 15 is 0 Å². The van der Waals surface area contributed by atoms with E-state index in [0.29, 0.717) is 6.04 Å². The maximum atomic E-state index is 5.72. The number of hydrogen-bond acceptors (Lipinski definition) is 2. The van der Waals surface area contributed by atoms with E-state index in [-0.39, 0.29) is 12.4 Å². The zero-order valence-corrected chi connectivity index (χ0v) is 9.04. The van der Waals surface area contributed by atoms with Crippen LogP contribution in [0.2, 0.25) is 0 Å². The lowest BCUT2D eigenvalue weighted by Crippen LogP contribution is -2.35. The van der Waals surface area contributed by atoms with E-state index in [2.05, 4.69) is 35.2 Å². The summed E-state index contributed by atoms with van der Waals surface area (Å²) in [7, 11) is 0. The molecule has 1 aliphatic heterocycles. The molecule has 2 rings (SSSR count). The molecule has 1 heterocycles. The minimum absolute atomic E-state index is 0. The monoisotopic (exact) mass is 212 g/mol. The molecule has 1 fully saturated rings. The Morgan fingerprint density at radius 2 is 2.00 bits per heavy atom. The van der Waals surface area contributed by atoms with Crippen LogP contribution in [0, 0.1) is 0 Å². The van der Waals surface area contributed by atoms with E-state index in [1.807, 2.05) is 0 Å². The van der Waals surface area contributed by atoms with Crippen LogP contribution in [0.4, 0.5) is 5.69 Å². The van der Waals surface area contributed by atoms with Crippen LogP contribution in [-0.2, 0) is 0 Å². The number of hydrogen-bond donors (Lipinski definition) is 1. The molecule has 78 valence electrons. The van der Waals surface area contributed by atoms with Crippen molar-refractivity contribution >= 4 is 18.1 Å². The standard InChI is InChI=1S/C11H16N2.ClH/c12-9-11-7-4-8-13(11)10-5-2-1-3-6-10;/h1-3,5-6,11H,4,7-9,12H2;1H. The number of nitrogens with zero attached hydrogens (tertiary/aromatic N) is 1. The SMILES string of the molecule is Cl.NCC1CCCN1c1ccccc1. The molecule has 2 nitrogen and oxygen atoms in total. The van der Waals surface area contributed by atoms with Crippen LogP contribution in [0.1, 0.15) is 12.8 Å². The lowest BCUT2D eigenvalue weighted by molar-refractivity contribution is 0.677. The average molecular weight is 213 g/mol. The summed E-state index contributed by atoms with van der Waals surface area (Å²) in [6.45, 7) is 1.93. The van der Waals surface area contributed by atoms with E-state index in [9.17, 15) is 0 Å². The van der Waals surface area contributed by atoms with E-state index in [4.69, 9.17) is 5.73 Å². The van der Waals surface area contributed by atoms with Crippen molar-refractivity contribution in [1.29, 1.82) is 0 Å². The summed E-state index contributed by atoms with van der Waals surface area (Å²) in [5.41, 5.74) is 7.04. The minimum atomic E-state index is 0. The van der Waals surface area contributed by atoms with Gasteiger partial charge in [0.15, 0.2) is 0 Å². The molecule has 0 radical (unpaired) electrons. The van der Waals surface area contributed by atoms with Gasteiger partial charge in [0.05, 0.1) is 0 Å². The lowest BCUT2D eigenvalue weighted by Gasteiger charge is -2.25. The quantitative estimate of drug-likeness (QED) is 0.813. The fourth-order valence-electron chi connectivity index (χ4n) is 2.04. The van der Waals surface area contributed by atoms with Crippen molar-refractivity contribution < 1.29 is 0 Å². The van der Waals surface area contributed by atoms with Gasteiger partial charge in [-0.2, -0.15) is 0 Å². The van der Waals surface area contributed by atoms with Gasteiger partial charge >= 0.3 is 0 Å². The molecule has 1 atom stereocenters. The van der Waals surface area contributed by atoms with Gasteiger partial charge in [0.2, 0.25) is 0 Å². The zero-order chi connectivity index (χ0) is 9.10. The number of halogens is 1. The van der Waals surface area contributed by atoms with Gasteiger partial charge in [0, 0.05) is 24.8 Å². The molecule has 1 aliphatic rings. The van der Waals surface area contributed by atoms with Crippen molar-refractivity contribution in [2.24, 2.45) is 5.73 Å². The molecule has 0 saturated carbocycles. The van der Waals surface area contributed by atoms with Gasteiger partial charge in [0.1, 0.15) is 0 Å². The predicted octanol–water partition coefficient (Wildman–Crippen LogP) is 2.04. The molecule has 1 aromatic carbocycles. The number of benzene rings is 1. The fourth-order valence-corrected chi connectivity index (χ4v) is 2.04. The summed E-state index contributed by atoms with van der Waals surface area (Å²) in [4.78, 5) is 2.42. The third kappa shape index (κ3) is 2.20. The van der Waals surface area contributed by atoms with Gasteiger partial charge < -0.3 is 10.6 Å². The fraction of sp³-hybridized carbons (Fsp3) is 0.455. The molecule has 1 saturated heterocycles. The predicted molar refractivity (Wildman–Crippen MR) is 63.1 cm³/mol. The van der Waals surface area contributed by atoms with Crippen molar-refractivity contribution in [2.75, 3.05) is 18.0 Å². The van der Waals surface area contributed by atoms with Crippen LogP contribution >= 0.6 is 12.4 Å². The molecule has 2 N–H and O–H groups in total. The Bertz CT molecular complexity index is 263. The first-order valence-electron chi connectivity index (χ1n) is 4.93. The molecule has 0 aliphatic carbocycles. The van der Waals surface area contributed by atoms with Crippen LogP contribution in [0.15, 0.2) is 30.3 Å². The lowest BCUT2D eigenvalue weighted by atomic mass is 10.2. The number of para-hydroxylation sites is 1. The molecule has 14 heavy (non-hydrogen) atoms. The number of nitrogens with two attached hydrogens (primary N) is 1. The third-order valence-electron chi connectivity index (χ3n) is 2.74. The molecule has 0 bridgehead atoms. The highest BCUT2D eigenvalue weighted by Crippen LogP contribution is 2.24. The summed E-state index contributed by atoms with van der Waals surface area (Å²) in [5, 5.41) is 0. The van der Waals surface area contributed by atoms with Crippen LogP contribution in [0.5, 0.6) is 0 Å². The van der Waals surface area contributed by atoms with E-state index in [0.717, 1.165) is 13.1 Å². The Hall–Kier alpha value is -0.730. The molecular formula is C11H17ClN2. The highest BCUT2D eigenvalue weighted by molar-refractivity contribution is 5.85. The van der Waals surface area contributed by atoms with Crippen molar-refractivity contribution in [3.8, 4) is 0 Å². The Kier molecular flexibility index (Phi) is 4.23. The van der Waals surface area contributed by atoms with Crippen LogP contribution in [-0.4, -0.2) is 19.1 Å². The Balaban J connectivity index is 0.000000980. The first kappa shape index (κ1) is 11.3. The van der Waals surface area contributed by atoms with Gasteiger partial charge in [-0.25, -0.2) is 0 Å². The van der Waals surface area contributed by atoms with E-state index < -0.39 is 0 Å². The smallest absolute Gasteiger partial charge is 0.0412 e. The molecule has 0 spiro atoms. The first-order chi connectivity index (χ1) is 6.42. The third-order valence-corrected chi connectivity index (χ3v) is 2.74. The summed E-state index contributed by atoms with van der Waals surface area (Å²) >= 11 is 0. The minimum Gasteiger partial charge on any atom is -0.367 e. The molecule has 1 unspecified atom stereocenters. The Morgan fingerprint density at radius 1 is 1.29 bits per heavy atom. The van der Waals surface area contributed by atoms with Crippen LogP contribution in [0.25, 0.3) is 0 Å². The number of rotatable bonds is 2. The first-order valence-corrected chi connectivity index (χ1v) is 4.93. The second kappa shape index (κ2) is 5.23. The maximum absolute atomic E-state index is 5.72. The number of anilines is 1. The highest BCUT2D eigenvalue weighted by Gasteiger charge is 2.22. The van der Waals surface area contributed by atoms with Crippen molar-refractivity contribution in [2.45, 2.75) is 18.9 Å². The summed E-state index contributed by atoms with van der Waals surface area (Å²) < 4.78 is 0. The van der Waals surface area contributed by atoms with Gasteiger partial charge in [-0.15, -0.1) is 12.4 Å². The molecule has 1 aromatic rings. The topological polar surface area (TPSA) is 29.3 Å². The molecular weight excluding hydrogens is 196 g/mol. The average Bonchev–Trinajstić information content (AvgIpc) is 2.67. The van der Waals surface area contributed by atoms with Crippen LogP contribution in [0.3, 0.4) is 0 Å². The molecule has 0 aromatic heterocycles. The summed E-state index contributed by atoms with van der Waals surface area (Å²) in [5.74, 6) is 0. The largest absolute Gasteiger partial charge is 0.367 e. The second-order valence-electron chi connectivity index (χ2n) is 3.56. The van der Waals surface area contributed by atoms with Gasteiger partial charge in [0.25, 0.3) is 0 Å². The molecule has 3 heteroatoms. The van der Waals surface area contributed by atoms with E-state index in [1.54, 1.807) is 0 Å². The highest BCUT2D eigenvalue weighted by atomic mass is 35.5. The van der Waals surface area contributed by atoms with Crippen molar-refractivity contribution in [3.05, 3.63) is 30.3 Å².